The summed E-state index contributed by atoms with van der Waals surface area (Å²) in [5.41, 5.74) is 5.79. The minimum atomic E-state index is 0.0153. The van der Waals surface area contributed by atoms with Crippen LogP contribution in [0.15, 0.2) is 0 Å². The molecule has 2 amide bonds. The first kappa shape index (κ1) is 16.3. The zero-order valence-corrected chi connectivity index (χ0v) is 13.1. The van der Waals surface area contributed by atoms with Gasteiger partial charge in [0, 0.05) is 25.0 Å². The number of hydrogen-bond acceptors (Lipinski definition) is 3. The standard InChI is InChI=1S/C16H29N3O2/c1-12-7-8-19(14(9-12)10-17)15(20)11-18-16(21)13-5-3-2-4-6-13/h12-14H,2-11,17H2,1H3,(H,18,21). The summed E-state index contributed by atoms with van der Waals surface area (Å²) in [6, 6.07) is 0.132. The Bertz CT molecular complexity index is 367. The fourth-order valence-electron chi connectivity index (χ4n) is 3.58. The molecule has 0 aromatic rings. The lowest BCUT2D eigenvalue weighted by Crippen LogP contribution is -2.52. The summed E-state index contributed by atoms with van der Waals surface area (Å²) in [4.78, 5) is 26.3. The van der Waals surface area contributed by atoms with Gasteiger partial charge in [0.15, 0.2) is 0 Å². The number of carbonyl (C=O) groups excluding carboxylic acids is 2. The Morgan fingerprint density at radius 2 is 1.90 bits per heavy atom. The van der Waals surface area contributed by atoms with Gasteiger partial charge in [-0.3, -0.25) is 9.59 Å². The van der Waals surface area contributed by atoms with Crippen LogP contribution in [-0.2, 0) is 9.59 Å². The highest BCUT2D eigenvalue weighted by atomic mass is 16.2. The first-order chi connectivity index (χ1) is 10.1. The van der Waals surface area contributed by atoms with Gasteiger partial charge in [-0.15, -0.1) is 0 Å². The van der Waals surface area contributed by atoms with Crippen LogP contribution in [0.25, 0.3) is 0 Å². The Kier molecular flexibility index (Phi) is 6.03. The average Bonchev–Trinajstić information content (AvgIpc) is 2.52. The Hall–Kier alpha value is -1.10. The van der Waals surface area contributed by atoms with Crippen LogP contribution in [0.4, 0.5) is 0 Å². The quantitative estimate of drug-likeness (QED) is 0.820. The number of hydrogen-bond donors (Lipinski definition) is 2. The molecule has 2 aliphatic rings. The second-order valence-electron chi connectivity index (χ2n) is 6.66. The van der Waals surface area contributed by atoms with E-state index in [0.29, 0.717) is 12.5 Å². The molecule has 0 radical (unpaired) electrons. The van der Waals surface area contributed by atoms with Crippen LogP contribution >= 0.6 is 0 Å². The highest BCUT2D eigenvalue weighted by Gasteiger charge is 2.29. The fourth-order valence-corrected chi connectivity index (χ4v) is 3.58. The van der Waals surface area contributed by atoms with Gasteiger partial charge in [0.2, 0.25) is 11.8 Å². The number of nitrogens with zero attached hydrogens (tertiary/aromatic N) is 1. The molecule has 0 spiro atoms. The molecule has 2 unspecified atom stereocenters. The monoisotopic (exact) mass is 295 g/mol. The molecule has 1 saturated carbocycles. The van der Waals surface area contributed by atoms with Crippen LogP contribution in [0.1, 0.15) is 51.9 Å². The number of carbonyl (C=O) groups is 2. The molecule has 2 rings (SSSR count). The molecule has 0 aromatic carbocycles. The largest absolute Gasteiger partial charge is 0.347 e. The van der Waals surface area contributed by atoms with Crippen molar-refractivity contribution < 1.29 is 9.59 Å². The van der Waals surface area contributed by atoms with Crippen LogP contribution in [0.2, 0.25) is 0 Å². The van der Waals surface area contributed by atoms with Gasteiger partial charge in [0.1, 0.15) is 0 Å². The van der Waals surface area contributed by atoms with Crippen LogP contribution < -0.4 is 11.1 Å². The summed E-state index contributed by atoms with van der Waals surface area (Å²) in [7, 11) is 0. The van der Waals surface area contributed by atoms with E-state index >= 15 is 0 Å². The van der Waals surface area contributed by atoms with Crippen molar-refractivity contribution in [2.24, 2.45) is 17.6 Å². The van der Waals surface area contributed by atoms with Crippen molar-refractivity contribution in [3.63, 3.8) is 0 Å². The summed E-state index contributed by atoms with van der Waals surface area (Å²) in [5, 5.41) is 2.83. The van der Waals surface area contributed by atoms with Gasteiger partial charge in [-0.1, -0.05) is 26.2 Å². The second kappa shape index (κ2) is 7.78. The number of nitrogens with one attached hydrogen (secondary N) is 1. The number of nitrogens with two attached hydrogens (primary N) is 1. The zero-order valence-electron chi connectivity index (χ0n) is 13.1. The van der Waals surface area contributed by atoms with E-state index in [-0.39, 0.29) is 30.3 Å². The van der Waals surface area contributed by atoms with E-state index in [9.17, 15) is 9.59 Å². The van der Waals surface area contributed by atoms with Gasteiger partial charge >= 0.3 is 0 Å². The smallest absolute Gasteiger partial charge is 0.242 e. The fraction of sp³-hybridized carbons (Fsp3) is 0.875. The van der Waals surface area contributed by atoms with E-state index in [1.807, 2.05) is 4.90 Å². The predicted molar refractivity (Wildman–Crippen MR) is 82.5 cm³/mol. The Morgan fingerprint density at radius 3 is 2.57 bits per heavy atom. The van der Waals surface area contributed by atoms with Crippen molar-refractivity contribution in [1.29, 1.82) is 0 Å². The summed E-state index contributed by atoms with van der Waals surface area (Å²) in [6.45, 7) is 3.60. The molecule has 1 aliphatic heterocycles. The molecule has 3 N–H and O–H groups in total. The van der Waals surface area contributed by atoms with E-state index < -0.39 is 0 Å². The third-order valence-corrected chi connectivity index (χ3v) is 4.96. The molecule has 2 atom stereocenters. The van der Waals surface area contributed by atoms with Crippen molar-refractivity contribution >= 4 is 11.8 Å². The van der Waals surface area contributed by atoms with Crippen LogP contribution in [-0.4, -0.2) is 42.4 Å². The Balaban J connectivity index is 1.79. The third kappa shape index (κ3) is 4.43. The lowest BCUT2D eigenvalue weighted by atomic mass is 9.88. The molecular formula is C16H29N3O2. The van der Waals surface area contributed by atoms with Crippen LogP contribution in [0.5, 0.6) is 0 Å². The molecule has 5 heteroatoms. The van der Waals surface area contributed by atoms with Crippen LogP contribution in [0, 0.1) is 11.8 Å². The summed E-state index contributed by atoms with van der Waals surface area (Å²) in [5.74, 6) is 0.803. The first-order valence-corrected chi connectivity index (χ1v) is 8.39. The van der Waals surface area contributed by atoms with E-state index in [2.05, 4.69) is 12.2 Å². The predicted octanol–water partition coefficient (Wildman–Crippen LogP) is 1.27. The number of rotatable bonds is 4. The van der Waals surface area contributed by atoms with Crippen molar-refractivity contribution in [3.05, 3.63) is 0 Å². The van der Waals surface area contributed by atoms with Gasteiger partial charge < -0.3 is 16.0 Å². The Morgan fingerprint density at radius 1 is 1.19 bits per heavy atom. The van der Waals surface area contributed by atoms with E-state index in [1.54, 1.807) is 0 Å². The van der Waals surface area contributed by atoms with Gasteiger partial charge in [0.05, 0.1) is 6.54 Å². The molecule has 2 fully saturated rings. The minimum absolute atomic E-state index is 0.0153. The molecule has 5 nitrogen and oxygen atoms in total. The van der Waals surface area contributed by atoms with E-state index in [0.717, 1.165) is 45.1 Å². The van der Waals surface area contributed by atoms with Gasteiger partial charge in [-0.05, 0) is 31.6 Å². The van der Waals surface area contributed by atoms with Crippen molar-refractivity contribution in [1.82, 2.24) is 10.2 Å². The highest BCUT2D eigenvalue weighted by Crippen LogP contribution is 2.24. The van der Waals surface area contributed by atoms with Crippen LogP contribution in [0.3, 0.4) is 0 Å². The summed E-state index contributed by atoms with van der Waals surface area (Å²) >= 11 is 0. The molecule has 0 bridgehead atoms. The maximum absolute atomic E-state index is 12.3. The number of amides is 2. The molecule has 1 aliphatic carbocycles. The highest BCUT2D eigenvalue weighted by molar-refractivity contribution is 5.86. The molecule has 0 aromatic heterocycles. The molecule has 1 saturated heterocycles. The SMILES string of the molecule is CC1CCN(C(=O)CNC(=O)C2CCCCC2)C(CN)C1. The Labute approximate surface area is 127 Å². The first-order valence-electron chi connectivity index (χ1n) is 8.39. The third-order valence-electron chi connectivity index (χ3n) is 4.96. The maximum atomic E-state index is 12.3. The van der Waals surface area contributed by atoms with Gasteiger partial charge in [0.25, 0.3) is 0 Å². The number of likely N-dealkylation sites (tertiary alicyclic amines) is 1. The zero-order chi connectivity index (χ0) is 15.2. The summed E-state index contributed by atoms with van der Waals surface area (Å²) < 4.78 is 0. The minimum Gasteiger partial charge on any atom is -0.347 e. The normalized spacial score (nSPS) is 27.4. The van der Waals surface area contributed by atoms with Gasteiger partial charge in [-0.2, -0.15) is 0 Å². The lowest BCUT2D eigenvalue weighted by molar-refractivity contribution is -0.137. The molecule has 1 heterocycles. The van der Waals surface area contributed by atoms with E-state index in [1.165, 1.54) is 6.42 Å². The topological polar surface area (TPSA) is 75.4 Å². The lowest BCUT2D eigenvalue weighted by Gasteiger charge is -2.38. The van der Waals surface area contributed by atoms with Crippen molar-refractivity contribution in [2.75, 3.05) is 19.6 Å². The van der Waals surface area contributed by atoms with E-state index in [4.69, 9.17) is 5.73 Å². The second-order valence-corrected chi connectivity index (χ2v) is 6.66. The summed E-state index contributed by atoms with van der Waals surface area (Å²) in [6.07, 6.45) is 7.42. The average molecular weight is 295 g/mol. The molecule has 120 valence electrons. The maximum Gasteiger partial charge on any atom is 0.242 e. The number of piperidine rings is 1. The van der Waals surface area contributed by atoms with Crippen molar-refractivity contribution in [2.45, 2.75) is 57.9 Å². The molecular weight excluding hydrogens is 266 g/mol. The van der Waals surface area contributed by atoms with Crippen molar-refractivity contribution in [3.8, 4) is 0 Å². The molecule has 21 heavy (non-hydrogen) atoms. The van der Waals surface area contributed by atoms with Gasteiger partial charge in [-0.25, -0.2) is 0 Å².